The van der Waals surface area contributed by atoms with Crippen molar-refractivity contribution in [1.82, 2.24) is 4.90 Å². The summed E-state index contributed by atoms with van der Waals surface area (Å²) < 4.78 is 5.52. The topological polar surface area (TPSA) is 66.9 Å². The van der Waals surface area contributed by atoms with Crippen LogP contribution in [-0.4, -0.2) is 35.3 Å². The van der Waals surface area contributed by atoms with E-state index in [1.807, 2.05) is 6.92 Å². The van der Waals surface area contributed by atoms with Crippen LogP contribution in [0.2, 0.25) is 30.1 Å². The van der Waals surface area contributed by atoms with Crippen molar-refractivity contribution in [3.8, 4) is 5.75 Å². The van der Waals surface area contributed by atoms with Crippen molar-refractivity contribution in [1.29, 1.82) is 0 Å². The van der Waals surface area contributed by atoms with Crippen molar-refractivity contribution >= 4 is 93.0 Å². The highest BCUT2D eigenvalue weighted by Gasteiger charge is 2.58. The maximum Gasteiger partial charge on any atom is 0.264 e. The zero-order valence-electron chi connectivity index (χ0n) is 18.7. The lowest BCUT2D eigenvalue weighted by molar-refractivity contribution is -0.130. The molecule has 3 amide bonds. The average Bonchev–Trinajstić information content (AvgIpc) is 3.13. The van der Waals surface area contributed by atoms with Gasteiger partial charge in [0.25, 0.3) is 17.7 Å². The Kier molecular flexibility index (Phi) is 7.03. The summed E-state index contributed by atoms with van der Waals surface area (Å²) >= 11 is 37.1. The van der Waals surface area contributed by atoms with Crippen molar-refractivity contribution in [3.05, 3.63) is 89.3 Å². The maximum atomic E-state index is 13.6. The van der Waals surface area contributed by atoms with E-state index in [-0.39, 0.29) is 36.2 Å². The zero-order valence-corrected chi connectivity index (χ0v) is 23.2. The molecule has 5 rings (SSSR count). The van der Waals surface area contributed by atoms with Gasteiger partial charge in [0.05, 0.1) is 53.9 Å². The van der Waals surface area contributed by atoms with Crippen LogP contribution >= 0.6 is 69.6 Å². The van der Waals surface area contributed by atoms with Gasteiger partial charge in [-0.25, -0.2) is 0 Å². The van der Waals surface area contributed by atoms with Gasteiger partial charge < -0.3 is 9.64 Å². The number of ether oxygens (including phenoxy) is 1. The minimum Gasteiger partial charge on any atom is -0.494 e. The van der Waals surface area contributed by atoms with Crippen LogP contribution in [0, 0.1) is 0 Å². The number of carbonyl (C=O) groups is 3. The Hall–Kier alpha value is -2.19. The Morgan fingerprint density at radius 3 is 1.78 bits per heavy atom. The molecule has 0 aliphatic carbocycles. The second-order valence-electron chi connectivity index (χ2n) is 8.18. The molecule has 2 atom stereocenters. The number of nitrogens with zero attached hydrogens (tertiary/aromatic N) is 2. The third-order valence-electron chi connectivity index (χ3n) is 6.19. The Morgan fingerprint density at radius 1 is 0.703 bits per heavy atom. The van der Waals surface area contributed by atoms with E-state index in [0.717, 1.165) is 4.90 Å². The van der Waals surface area contributed by atoms with Crippen LogP contribution in [0.25, 0.3) is 0 Å². The lowest BCUT2D eigenvalue weighted by Gasteiger charge is -2.49. The van der Waals surface area contributed by atoms with Crippen molar-refractivity contribution in [3.63, 3.8) is 0 Å². The van der Waals surface area contributed by atoms with Gasteiger partial charge in [-0.15, -0.1) is 0 Å². The zero-order chi connectivity index (χ0) is 26.8. The molecule has 3 aromatic rings. The molecule has 12 heteroatoms. The first-order valence-corrected chi connectivity index (χ1v) is 13.1. The number of β-lactam (4-membered cyclic amide) rings is 1. The summed E-state index contributed by atoms with van der Waals surface area (Å²) in [6.45, 7) is 2.33. The standard InChI is InChI=1S/C25H14Cl6N2O4/c1-2-37-12-6-3-10(4-7-12)21-22(25(36)32(21)11-5-8-13(26)14(27)9-11)33-23(34)15-16(24(33)35)18(29)20(31)19(30)17(15)28/h3-9,21-22H,2H2,1H3/t21-,22+/m1/s1. The molecular formula is C25H14Cl6N2O4. The van der Waals surface area contributed by atoms with Crippen LogP contribution in [0.1, 0.15) is 39.2 Å². The first kappa shape index (κ1) is 26.4. The molecule has 37 heavy (non-hydrogen) atoms. The quantitative estimate of drug-likeness (QED) is 0.127. The van der Waals surface area contributed by atoms with Crippen molar-refractivity contribution in [2.24, 2.45) is 0 Å². The van der Waals surface area contributed by atoms with E-state index in [1.165, 1.54) is 11.0 Å². The Balaban J connectivity index is 1.62. The molecule has 0 radical (unpaired) electrons. The van der Waals surface area contributed by atoms with Crippen LogP contribution in [0.3, 0.4) is 0 Å². The summed E-state index contributed by atoms with van der Waals surface area (Å²) in [6, 6.07) is 9.74. The van der Waals surface area contributed by atoms with E-state index in [9.17, 15) is 14.4 Å². The summed E-state index contributed by atoms with van der Waals surface area (Å²) in [5.41, 5.74) is 0.687. The highest BCUT2D eigenvalue weighted by atomic mass is 35.5. The monoisotopic (exact) mass is 616 g/mol. The normalized spacial score (nSPS) is 18.8. The molecule has 1 fully saturated rings. The number of imide groups is 1. The molecule has 3 aromatic carbocycles. The molecule has 2 aliphatic heterocycles. The molecule has 6 nitrogen and oxygen atoms in total. The number of hydrogen-bond donors (Lipinski definition) is 0. The Bertz CT molecular complexity index is 1450. The first-order chi connectivity index (χ1) is 17.6. The summed E-state index contributed by atoms with van der Waals surface area (Å²) in [6.07, 6.45) is 0. The van der Waals surface area contributed by atoms with Gasteiger partial charge in [0.2, 0.25) is 0 Å². The van der Waals surface area contributed by atoms with Gasteiger partial charge in [-0.2, -0.15) is 0 Å². The molecule has 0 aromatic heterocycles. The smallest absolute Gasteiger partial charge is 0.264 e. The van der Waals surface area contributed by atoms with Gasteiger partial charge in [0.1, 0.15) is 11.8 Å². The minimum atomic E-state index is -1.20. The van der Waals surface area contributed by atoms with E-state index in [2.05, 4.69) is 0 Å². The molecular weight excluding hydrogens is 605 g/mol. The second-order valence-corrected chi connectivity index (χ2v) is 10.5. The SMILES string of the molecule is CCOc1ccc([C@@H]2[C@H](N3C(=O)c4c(Cl)c(Cl)c(Cl)c(Cl)c4C3=O)C(=O)N2c2ccc(Cl)c(Cl)c2)cc1. The van der Waals surface area contributed by atoms with Gasteiger partial charge in [-0.1, -0.05) is 81.7 Å². The highest BCUT2D eigenvalue weighted by Crippen LogP contribution is 2.49. The number of benzene rings is 3. The largest absolute Gasteiger partial charge is 0.494 e. The molecule has 0 bridgehead atoms. The fourth-order valence-corrected chi connectivity index (χ4v) is 5.83. The third-order valence-corrected chi connectivity index (χ3v) is 8.73. The predicted octanol–water partition coefficient (Wildman–Crippen LogP) is 7.76. The first-order valence-electron chi connectivity index (χ1n) is 10.8. The van der Waals surface area contributed by atoms with Crippen LogP contribution in [0.5, 0.6) is 5.75 Å². The van der Waals surface area contributed by atoms with Gasteiger partial charge in [0, 0.05) is 5.69 Å². The second kappa shape index (κ2) is 9.84. The van der Waals surface area contributed by atoms with Crippen LogP contribution in [0.4, 0.5) is 5.69 Å². The average molecular weight is 619 g/mol. The number of anilines is 1. The molecule has 0 spiro atoms. The van der Waals surface area contributed by atoms with Crippen LogP contribution in [-0.2, 0) is 4.79 Å². The molecule has 0 unspecified atom stereocenters. The van der Waals surface area contributed by atoms with Crippen molar-refractivity contribution < 1.29 is 19.1 Å². The molecule has 0 saturated carbocycles. The van der Waals surface area contributed by atoms with Gasteiger partial charge in [-0.3, -0.25) is 19.3 Å². The number of halogens is 6. The molecule has 1 saturated heterocycles. The Morgan fingerprint density at radius 2 is 1.27 bits per heavy atom. The molecule has 2 aliphatic rings. The summed E-state index contributed by atoms with van der Waals surface area (Å²) in [5, 5.41) is -0.184. The van der Waals surface area contributed by atoms with E-state index in [1.54, 1.807) is 36.4 Å². The maximum absolute atomic E-state index is 13.6. The van der Waals surface area contributed by atoms with Gasteiger partial charge >= 0.3 is 0 Å². The number of fused-ring (bicyclic) bond motifs is 1. The highest BCUT2D eigenvalue weighted by molar-refractivity contribution is 6.55. The summed E-state index contributed by atoms with van der Waals surface area (Å²) in [7, 11) is 0. The fourth-order valence-electron chi connectivity index (χ4n) is 4.53. The third kappa shape index (κ3) is 4.06. The van der Waals surface area contributed by atoms with Crippen molar-refractivity contribution in [2.45, 2.75) is 19.0 Å². The number of amides is 3. The van der Waals surface area contributed by atoms with Gasteiger partial charge in [-0.05, 0) is 42.8 Å². The lowest BCUT2D eigenvalue weighted by Crippen LogP contribution is -2.67. The van der Waals surface area contributed by atoms with Crippen molar-refractivity contribution in [2.75, 3.05) is 11.5 Å². The molecule has 190 valence electrons. The molecule has 0 N–H and O–H groups in total. The fraction of sp³-hybridized carbons (Fsp3) is 0.160. The molecule has 2 heterocycles. The summed E-state index contributed by atoms with van der Waals surface area (Å²) in [5.74, 6) is -1.49. The van der Waals surface area contributed by atoms with Crippen LogP contribution < -0.4 is 9.64 Å². The number of carbonyl (C=O) groups excluding carboxylic acids is 3. The van der Waals surface area contributed by atoms with E-state index in [4.69, 9.17) is 74.3 Å². The predicted molar refractivity (Wildman–Crippen MR) is 145 cm³/mol. The lowest BCUT2D eigenvalue weighted by atomic mass is 9.86. The van der Waals surface area contributed by atoms with E-state index >= 15 is 0 Å². The number of rotatable bonds is 5. The number of hydrogen-bond acceptors (Lipinski definition) is 4. The summed E-state index contributed by atoms with van der Waals surface area (Å²) in [4.78, 5) is 42.9. The van der Waals surface area contributed by atoms with Crippen LogP contribution in [0.15, 0.2) is 42.5 Å². The van der Waals surface area contributed by atoms with E-state index in [0.29, 0.717) is 28.6 Å². The van der Waals surface area contributed by atoms with Gasteiger partial charge in [0.15, 0.2) is 0 Å². The Labute approximate surface area is 241 Å². The van der Waals surface area contributed by atoms with E-state index < -0.39 is 29.8 Å². The minimum absolute atomic E-state index is 0.157.